The summed E-state index contributed by atoms with van der Waals surface area (Å²) >= 11 is 0. The van der Waals surface area contributed by atoms with Gasteiger partial charge in [0.15, 0.2) is 5.96 Å². The fourth-order valence-corrected chi connectivity index (χ4v) is 1.92. The summed E-state index contributed by atoms with van der Waals surface area (Å²) in [5.41, 5.74) is 2.33. The van der Waals surface area contributed by atoms with E-state index in [1.165, 1.54) is 5.56 Å². The highest BCUT2D eigenvalue weighted by Crippen LogP contribution is 2.20. The Hall–Kier alpha value is -1.02. The highest BCUT2D eigenvalue weighted by molar-refractivity contribution is 14.0. The van der Waals surface area contributed by atoms with Crippen LogP contribution in [0.15, 0.2) is 23.2 Å². The van der Waals surface area contributed by atoms with Crippen LogP contribution in [0.25, 0.3) is 0 Å². The first-order chi connectivity index (χ1) is 10.2. The first kappa shape index (κ1) is 21.0. The maximum atomic E-state index is 5.68. The summed E-state index contributed by atoms with van der Waals surface area (Å²) in [7, 11) is 3.48. The molecular weight excluding hydrogens is 393 g/mol. The molecule has 0 bridgehead atoms. The molecule has 1 rings (SSSR count). The van der Waals surface area contributed by atoms with Crippen molar-refractivity contribution in [3.8, 4) is 5.75 Å². The van der Waals surface area contributed by atoms with Gasteiger partial charge in [-0.25, -0.2) is 0 Å². The van der Waals surface area contributed by atoms with Crippen LogP contribution in [0.5, 0.6) is 5.75 Å². The van der Waals surface area contributed by atoms with Gasteiger partial charge in [0.05, 0.1) is 6.61 Å². The van der Waals surface area contributed by atoms with Crippen molar-refractivity contribution >= 4 is 29.9 Å². The molecule has 0 amide bonds. The lowest BCUT2D eigenvalue weighted by Crippen LogP contribution is -2.37. The average molecular weight is 421 g/mol. The Bertz CT molecular complexity index is 453. The zero-order valence-corrected chi connectivity index (χ0v) is 16.3. The van der Waals surface area contributed by atoms with E-state index < -0.39 is 0 Å². The fraction of sp³-hybridized carbons (Fsp3) is 0.562. The highest BCUT2D eigenvalue weighted by Gasteiger charge is 2.05. The summed E-state index contributed by atoms with van der Waals surface area (Å²) in [6, 6.07) is 6.25. The summed E-state index contributed by atoms with van der Waals surface area (Å²) in [4.78, 5) is 4.21. The normalized spacial score (nSPS) is 10.8. The summed E-state index contributed by atoms with van der Waals surface area (Å²) in [5.74, 6) is 1.72. The maximum absolute atomic E-state index is 5.68. The summed E-state index contributed by atoms with van der Waals surface area (Å²) in [6.07, 6.45) is 0.950. The molecule has 0 saturated carbocycles. The van der Waals surface area contributed by atoms with Crippen molar-refractivity contribution in [1.29, 1.82) is 0 Å². The zero-order valence-electron chi connectivity index (χ0n) is 13.9. The van der Waals surface area contributed by atoms with Crippen LogP contribution in [0, 0.1) is 6.92 Å². The Morgan fingerprint density at radius 3 is 2.68 bits per heavy atom. The van der Waals surface area contributed by atoms with Crippen LogP contribution in [0.4, 0.5) is 0 Å². The Morgan fingerprint density at radius 2 is 2.05 bits per heavy atom. The van der Waals surface area contributed by atoms with Gasteiger partial charge < -0.3 is 20.1 Å². The lowest BCUT2D eigenvalue weighted by molar-refractivity contribution is 0.195. The molecule has 0 heterocycles. The minimum atomic E-state index is 0. The van der Waals surface area contributed by atoms with E-state index in [0.29, 0.717) is 13.2 Å². The van der Waals surface area contributed by atoms with Gasteiger partial charge in [-0.1, -0.05) is 12.1 Å². The lowest BCUT2D eigenvalue weighted by Gasteiger charge is -2.15. The second-order valence-corrected chi connectivity index (χ2v) is 4.74. The third kappa shape index (κ3) is 7.84. The highest BCUT2D eigenvalue weighted by atomic mass is 127. The third-order valence-electron chi connectivity index (χ3n) is 3.01. The number of nitrogens with one attached hydrogen (secondary N) is 2. The van der Waals surface area contributed by atoms with E-state index in [1.54, 1.807) is 14.2 Å². The van der Waals surface area contributed by atoms with Gasteiger partial charge in [0.25, 0.3) is 0 Å². The van der Waals surface area contributed by atoms with Crippen molar-refractivity contribution in [3.05, 3.63) is 29.3 Å². The molecule has 0 saturated heterocycles. The molecule has 126 valence electrons. The molecule has 22 heavy (non-hydrogen) atoms. The largest absolute Gasteiger partial charge is 0.494 e. The van der Waals surface area contributed by atoms with E-state index in [1.807, 2.05) is 6.92 Å². The second kappa shape index (κ2) is 12.5. The van der Waals surface area contributed by atoms with Crippen LogP contribution in [-0.2, 0) is 11.3 Å². The second-order valence-electron chi connectivity index (χ2n) is 4.74. The average Bonchev–Trinajstić information content (AvgIpc) is 2.48. The van der Waals surface area contributed by atoms with Crippen molar-refractivity contribution in [2.75, 3.05) is 33.9 Å². The van der Waals surface area contributed by atoms with Crippen LogP contribution < -0.4 is 15.4 Å². The molecule has 0 aliphatic rings. The maximum Gasteiger partial charge on any atom is 0.191 e. The predicted octanol–water partition coefficient (Wildman–Crippen LogP) is 2.71. The number of aryl methyl sites for hydroxylation is 1. The molecule has 0 fully saturated rings. The first-order valence-electron chi connectivity index (χ1n) is 7.37. The van der Waals surface area contributed by atoms with Gasteiger partial charge in [-0.15, -0.1) is 24.0 Å². The van der Waals surface area contributed by atoms with E-state index >= 15 is 0 Å². The minimum Gasteiger partial charge on any atom is -0.494 e. The van der Waals surface area contributed by atoms with Crippen LogP contribution in [0.3, 0.4) is 0 Å². The van der Waals surface area contributed by atoms with E-state index in [4.69, 9.17) is 9.47 Å². The molecule has 0 spiro atoms. The van der Waals surface area contributed by atoms with Crippen LogP contribution in [0.1, 0.15) is 24.5 Å². The molecule has 0 aliphatic heterocycles. The van der Waals surface area contributed by atoms with Crippen molar-refractivity contribution in [2.24, 2.45) is 4.99 Å². The van der Waals surface area contributed by atoms with Crippen molar-refractivity contribution in [2.45, 2.75) is 26.8 Å². The first-order valence-corrected chi connectivity index (χ1v) is 7.37. The molecule has 0 unspecified atom stereocenters. The van der Waals surface area contributed by atoms with E-state index in [2.05, 4.69) is 40.7 Å². The number of halogens is 1. The summed E-state index contributed by atoms with van der Waals surface area (Å²) < 4.78 is 10.7. The standard InChI is InChI=1S/C16H27N3O2.HI/c1-5-21-15-11-13(2)7-8-14(15)12-19-16(17-3)18-9-6-10-20-4;/h7-8,11H,5-6,9-10,12H2,1-4H3,(H2,17,18,19);1H. The minimum absolute atomic E-state index is 0. The van der Waals surface area contributed by atoms with E-state index in [0.717, 1.165) is 36.8 Å². The monoisotopic (exact) mass is 421 g/mol. The molecule has 5 nitrogen and oxygen atoms in total. The number of rotatable bonds is 8. The predicted molar refractivity (Wildman–Crippen MR) is 102 cm³/mol. The van der Waals surface area contributed by atoms with Crippen molar-refractivity contribution < 1.29 is 9.47 Å². The quantitative estimate of drug-likeness (QED) is 0.293. The van der Waals surface area contributed by atoms with E-state index in [9.17, 15) is 0 Å². The topological polar surface area (TPSA) is 54.9 Å². The lowest BCUT2D eigenvalue weighted by atomic mass is 10.1. The number of hydrogen-bond donors (Lipinski definition) is 2. The van der Waals surface area contributed by atoms with Gasteiger partial charge in [0.1, 0.15) is 5.75 Å². The number of aliphatic imine (C=N–C) groups is 1. The van der Waals surface area contributed by atoms with Gasteiger partial charge in [0, 0.05) is 39.4 Å². The summed E-state index contributed by atoms with van der Waals surface area (Å²) in [6.45, 7) is 6.99. The number of guanidine groups is 1. The van der Waals surface area contributed by atoms with Gasteiger partial charge in [-0.05, 0) is 31.9 Å². The van der Waals surface area contributed by atoms with Crippen LogP contribution in [0.2, 0.25) is 0 Å². The molecule has 1 aromatic rings. The number of methoxy groups -OCH3 is 1. The molecule has 6 heteroatoms. The van der Waals surface area contributed by atoms with Gasteiger partial charge in [-0.2, -0.15) is 0 Å². The van der Waals surface area contributed by atoms with Gasteiger partial charge in [-0.3, -0.25) is 4.99 Å². The number of benzene rings is 1. The molecule has 0 aliphatic carbocycles. The van der Waals surface area contributed by atoms with Crippen molar-refractivity contribution in [1.82, 2.24) is 10.6 Å². The third-order valence-corrected chi connectivity index (χ3v) is 3.01. The Morgan fingerprint density at radius 1 is 1.27 bits per heavy atom. The molecular formula is C16H28IN3O2. The van der Waals surface area contributed by atoms with Crippen LogP contribution in [-0.4, -0.2) is 39.9 Å². The Labute approximate surface area is 150 Å². The molecule has 2 N–H and O–H groups in total. The molecule has 1 aromatic carbocycles. The Kier molecular flexibility index (Phi) is 11.9. The Balaban J connectivity index is 0.00000441. The van der Waals surface area contributed by atoms with Gasteiger partial charge in [0.2, 0.25) is 0 Å². The van der Waals surface area contributed by atoms with Gasteiger partial charge >= 0.3 is 0 Å². The van der Waals surface area contributed by atoms with Crippen molar-refractivity contribution in [3.63, 3.8) is 0 Å². The fourth-order valence-electron chi connectivity index (χ4n) is 1.92. The number of hydrogen-bond acceptors (Lipinski definition) is 3. The molecule has 0 aromatic heterocycles. The van der Waals surface area contributed by atoms with Crippen LogP contribution >= 0.6 is 24.0 Å². The molecule has 0 radical (unpaired) electrons. The SMILES string of the molecule is CCOc1cc(C)ccc1CNC(=NC)NCCCOC.I. The molecule has 0 atom stereocenters. The smallest absolute Gasteiger partial charge is 0.191 e. The van der Waals surface area contributed by atoms with E-state index in [-0.39, 0.29) is 24.0 Å². The number of nitrogens with zero attached hydrogens (tertiary/aromatic N) is 1. The zero-order chi connectivity index (χ0) is 15.5. The number of ether oxygens (including phenoxy) is 2. The summed E-state index contributed by atoms with van der Waals surface area (Å²) in [5, 5.41) is 6.55.